The van der Waals surface area contributed by atoms with Crippen molar-refractivity contribution in [3.8, 4) is 0 Å². The number of benzene rings is 1. The molecule has 138 valence electrons. The summed E-state index contributed by atoms with van der Waals surface area (Å²) in [5.74, 6) is 0.874. The second kappa shape index (κ2) is 6.31. The van der Waals surface area contributed by atoms with Crippen LogP contribution in [0.1, 0.15) is 19.4 Å². The molecule has 4 rings (SSSR count). The van der Waals surface area contributed by atoms with Crippen LogP contribution in [-0.2, 0) is 22.6 Å². The zero-order valence-electron chi connectivity index (χ0n) is 15.1. The molecule has 10 nitrogen and oxygen atoms in total. The zero-order valence-corrected chi connectivity index (χ0v) is 15.1. The maximum Gasteiger partial charge on any atom is 0.249 e. The van der Waals surface area contributed by atoms with Crippen molar-refractivity contribution >= 4 is 34.4 Å². The molecule has 1 aliphatic rings. The Morgan fingerprint density at radius 3 is 2.93 bits per heavy atom. The standard InChI is InChI=1S/C17H18N8O2/c1-9-13(8-25-17(24(9)3)21-22-23-25)15(27)7-11-4-5-14-12(6-11)16(20-19-14)18-10(2)26/h4-6H,7-8H2,1-3H3,(H2,18,19,20,26). The van der Waals surface area contributed by atoms with E-state index in [1.165, 1.54) is 6.92 Å². The SMILES string of the molecule is CC(=O)Nc1n[nH]c2ccc(CC(=O)C3=C(C)N(C)c4nnnn4C3)cc12. The number of allylic oxidation sites excluding steroid dienone is 2. The molecule has 0 aliphatic carbocycles. The Morgan fingerprint density at radius 2 is 2.15 bits per heavy atom. The molecule has 1 aromatic carbocycles. The number of aromatic amines is 1. The molecular weight excluding hydrogens is 348 g/mol. The summed E-state index contributed by atoms with van der Waals surface area (Å²) in [5, 5.41) is 22.0. The third-order valence-corrected chi connectivity index (χ3v) is 4.68. The first kappa shape index (κ1) is 16.9. The van der Waals surface area contributed by atoms with Crippen molar-refractivity contribution in [3.63, 3.8) is 0 Å². The zero-order chi connectivity index (χ0) is 19.1. The second-order valence-corrected chi connectivity index (χ2v) is 6.49. The fourth-order valence-corrected chi connectivity index (χ4v) is 3.17. The molecule has 3 aromatic rings. The second-order valence-electron chi connectivity index (χ2n) is 6.49. The number of hydrogen-bond donors (Lipinski definition) is 2. The van der Waals surface area contributed by atoms with Crippen LogP contribution < -0.4 is 10.2 Å². The summed E-state index contributed by atoms with van der Waals surface area (Å²) in [7, 11) is 1.83. The molecule has 2 aromatic heterocycles. The lowest BCUT2D eigenvalue weighted by Crippen LogP contribution is -2.30. The highest BCUT2D eigenvalue weighted by Gasteiger charge is 2.26. The van der Waals surface area contributed by atoms with Crippen LogP contribution >= 0.6 is 0 Å². The van der Waals surface area contributed by atoms with E-state index in [0.29, 0.717) is 23.9 Å². The number of aromatic nitrogens is 6. The highest BCUT2D eigenvalue weighted by molar-refractivity contribution is 6.01. The van der Waals surface area contributed by atoms with E-state index in [4.69, 9.17) is 0 Å². The summed E-state index contributed by atoms with van der Waals surface area (Å²) in [4.78, 5) is 26.1. The van der Waals surface area contributed by atoms with Gasteiger partial charge in [0.1, 0.15) is 0 Å². The summed E-state index contributed by atoms with van der Waals surface area (Å²) in [6, 6.07) is 5.59. The van der Waals surface area contributed by atoms with E-state index in [-0.39, 0.29) is 18.1 Å². The van der Waals surface area contributed by atoms with Gasteiger partial charge in [-0.15, -0.1) is 0 Å². The van der Waals surface area contributed by atoms with Gasteiger partial charge in [-0.25, -0.2) is 4.68 Å². The molecule has 0 radical (unpaired) electrons. The molecule has 1 aliphatic heterocycles. The summed E-state index contributed by atoms with van der Waals surface area (Å²) < 4.78 is 1.61. The van der Waals surface area contributed by atoms with Gasteiger partial charge in [0.2, 0.25) is 11.9 Å². The lowest BCUT2D eigenvalue weighted by atomic mass is 9.99. The minimum Gasteiger partial charge on any atom is -0.316 e. The Labute approximate surface area is 154 Å². The number of fused-ring (bicyclic) bond motifs is 2. The number of tetrazole rings is 1. The fraction of sp³-hybridized carbons (Fsp3) is 0.294. The van der Waals surface area contributed by atoms with Gasteiger partial charge >= 0.3 is 0 Å². The van der Waals surface area contributed by atoms with Crippen molar-refractivity contribution < 1.29 is 9.59 Å². The first-order valence-electron chi connectivity index (χ1n) is 8.41. The van der Waals surface area contributed by atoms with Crippen molar-refractivity contribution in [2.24, 2.45) is 0 Å². The van der Waals surface area contributed by atoms with E-state index in [2.05, 4.69) is 31.0 Å². The van der Waals surface area contributed by atoms with Crippen molar-refractivity contribution in [1.29, 1.82) is 0 Å². The number of anilines is 2. The van der Waals surface area contributed by atoms with Crippen LogP contribution in [0.5, 0.6) is 0 Å². The molecule has 0 saturated carbocycles. The predicted molar refractivity (Wildman–Crippen MR) is 98.0 cm³/mol. The van der Waals surface area contributed by atoms with Crippen LogP contribution in [0.25, 0.3) is 10.9 Å². The van der Waals surface area contributed by atoms with Gasteiger partial charge in [-0.05, 0) is 35.0 Å². The topological polar surface area (TPSA) is 122 Å². The molecule has 0 atom stereocenters. The summed E-state index contributed by atoms with van der Waals surface area (Å²) in [6.07, 6.45) is 0.235. The Kier molecular flexibility index (Phi) is 3.94. The summed E-state index contributed by atoms with van der Waals surface area (Å²) >= 11 is 0. The fourth-order valence-electron chi connectivity index (χ4n) is 3.17. The van der Waals surface area contributed by atoms with Crippen LogP contribution in [0.4, 0.5) is 11.8 Å². The van der Waals surface area contributed by atoms with E-state index in [9.17, 15) is 9.59 Å². The predicted octanol–water partition coefficient (Wildman–Crippen LogP) is 1.04. The number of carbonyl (C=O) groups is 2. The van der Waals surface area contributed by atoms with Gasteiger partial charge in [-0.3, -0.25) is 14.7 Å². The first-order chi connectivity index (χ1) is 12.9. The number of H-pyrrole nitrogens is 1. The van der Waals surface area contributed by atoms with E-state index in [0.717, 1.165) is 22.2 Å². The molecular formula is C17H18N8O2. The number of rotatable bonds is 4. The van der Waals surface area contributed by atoms with Crippen LogP contribution in [0.2, 0.25) is 0 Å². The van der Waals surface area contributed by atoms with Crippen molar-refractivity contribution in [3.05, 3.63) is 35.0 Å². The van der Waals surface area contributed by atoms with E-state index >= 15 is 0 Å². The van der Waals surface area contributed by atoms with Crippen LogP contribution in [0.3, 0.4) is 0 Å². The third kappa shape index (κ3) is 2.94. The van der Waals surface area contributed by atoms with Gasteiger partial charge in [0, 0.05) is 37.0 Å². The number of hydrogen-bond acceptors (Lipinski definition) is 7. The average molecular weight is 366 g/mol. The van der Waals surface area contributed by atoms with Gasteiger partial charge in [0.05, 0.1) is 12.1 Å². The normalized spacial score (nSPS) is 13.8. The third-order valence-electron chi connectivity index (χ3n) is 4.68. The van der Waals surface area contributed by atoms with E-state index in [1.807, 2.05) is 37.1 Å². The van der Waals surface area contributed by atoms with Gasteiger partial charge in [0.15, 0.2) is 11.6 Å². The smallest absolute Gasteiger partial charge is 0.249 e. The van der Waals surface area contributed by atoms with Crippen LogP contribution in [0, 0.1) is 0 Å². The Bertz CT molecular complexity index is 1090. The van der Waals surface area contributed by atoms with Gasteiger partial charge in [0.25, 0.3) is 0 Å². The van der Waals surface area contributed by atoms with Crippen LogP contribution in [-0.4, -0.2) is 49.1 Å². The minimum absolute atomic E-state index is 0.00409. The Hall–Kier alpha value is -3.56. The quantitative estimate of drug-likeness (QED) is 0.707. The molecule has 2 N–H and O–H groups in total. The molecule has 0 bridgehead atoms. The number of carbonyl (C=O) groups excluding carboxylic acids is 2. The number of nitrogens with one attached hydrogen (secondary N) is 2. The molecule has 27 heavy (non-hydrogen) atoms. The largest absolute Gasteiger partial charge is 0.316 e. The van der Waals surface area contributed by atoms with Crippen molar-refractivity contribution in [2.45, 2.75) is 26.8 Å². The Morgan fingerprint density at radius 1 is 1.33 bits per heavy atom. The number of nitrogens with zero attached hydrogens (tertiary/aromatic N) is 6. The summed E-state index contributed by atoms with van der Waals surface area (Å²) in [6.45, 7) is 3.66. The van der Waals surface area contributed by atoms with Crippen molar-refractivity contribution in [1.82, 2.24) is 30.4 Å². The highest BCUT2D eigenvalue weighted by atomic mass is 16.1. The van der Waals surface area contributed by atoms with E-state index in [1.54, 1.807) is 4.68 Å². The Balaban J connectivity index is 1.61. The first-order valence-corrected chi connectivity index (χ1v) is 8.41. The van der Waals surface area contributed by atoms with Gasteiger partial charge in [-0.2, -0.15) is 5.10 Å². The van der Waals surface area contributed by atoms with Crippen molar-refractivity contribution in [2.75, 3.05) is 17.3 Å². The molecule has 1 amide bonds. The molecule has 0 saturated heterocycles. The number of Topliss-reactive ketones (excluding diaryl/α,β-unsaturated/α-hetero) is 1. The molecule has 0 fully saturated rings. The highest BCUT2D eigenvalue weighted by Crippen LogP contribution is 2.26. The number of amides is 1. The lowest BCUT2D eigenvalue weighted by molar-refractivity contribution is -0.115. The lowest BCUT2D eigenvalue weighted by Gasteiger charge is -2.26. The van der Waals surface area contributed by atoms with E-state index < -0.39 is 0 Å². The maximum absolute atomic E-state index is 12.9. The number of ketones is 1. The van der Waals surface area contributed by atoms with Gasteiger partial charge < -0.3 is 10.2 Å². The molecule has 3 heterocycles. The van der Waals surface area contributed by atoms with Gasteiger partial charge in [-0.1, -0.05) is 11.2 Å². The minimum atomic E-state index is -0.201. The monoisotopic (exact) mass is 366 g/mol. The molecule has 10 heteroatoms. The summed E-state index contributed by atoms with van der Waals surface area (Å²) in [5.41, 5.74) is 3.14. The van der Waals surface area contributed by atoms with Crippen LogP contribution in [0.15, 0.2) is 29.5 Å². The molecule has 0 spiro atoms. The maximum atomic E-state index is 12.9. The average Bonchev–Trinajstić information content (AvgIpc) is 3.25. The molecule has 0 unspecified atom stereocenters.